The van der Waals surface area contributed by atoms with Crippen molar-refractivity contribution in [1.82, 2.24) is 4.98 Å². The predicted molar refractivity (Wildman–Crippen MR) is 44.2 cm³/mol. The van der Waals surface area contributed by atoms with Crippen LogP contribution in [0.1, 0.15) is 21.6 Å². The molecule has 1 aromatic rings. The molecule has 0 unspecified atom stereocenters. The Bertz CT molecular complexity index is 375. The zero-order valence-corrected chi connectivity index (χ0v) is 7.78. The van der Waals surface area contributed by atoms with Crippen molar-refractivity contribution in [2.75, 3.05) is 0 Å². The topological polar surface area (TPSA) is 30.0 Å². The molecule has 0 radical (unpaired) electrons. The van der Waals surface area contributed by atoms with Gasteiger partial charge in [0.1, 0.15) is 0 Å². The molecule has 0 fully saturated rings. The van der Waals surface area contributed by atoms with E-state index in [-0.39, 0.29) is 5.69 Å². The highest BCUT2D eigenvalue weighted by atomic mass is 35.5. The first kappa shape index (κ1) is 11.0. The van der Waals surface area contributed by atoms with Gasteiger partial charge >= 0.3 is 6.18 Å². The van der Waals surface area contributed by atoms with Gasteiger partial charge < -0.3 is 0 Å². The Morgan fingerprint density at radius 1 is 1.50 bits per heavy atom. The summed E-state index contributed by atoms with van der Waals surface area (Å²) >= 11 is 5.04. The molecule has 0 atom stereocenters. The van der Waals surface area contributed by atoms with Gasteiger partial charge in [-0.15, -0.1) is 0 Å². The quantitative estimate of drug-likeness (QED) is 0.686. The highest BCUT2D eigenvalue weighted by molar-refractivity contribution is 6.68. The summed E-state index contributed by atoms with van der Waals surface area (Å²) in [7, 11) is 0. The van der Waals surface area contributed by atoms with Gasteiger partial charge in [0.15, 0.2) is 0 Å². The number of hydrogen-bond acceptors (Lipinski definition) is 2. The minimum atomic E-state index is -4.59. The summed E-state index contributed by atoms with van der Waals surface area (Å²) in [4.78, 5) is 14.3. The number of hydrogen-bond donors (Lipinski definition) is 0. The van der Waals surface area contributed by atoms with Crippen LogP contribution >= 0.6 is 11.6 Å². The van der Waals surface area contributed by atoms with E-state index in [1.54, 1.807) is 0 Å². The van der Waals surface area contributed by atoms with Gasteiger partial charge in [-0.25, -0.2) is 0 Å². The van der Waals surface area contributed by atoms with Crippen LogP contribution in [-0.2, 0) is 6.18 Å². The van der Waals surface area contributed by atoms with Gasteiger partial charge in [-0.2, -0.15) is 13.2 Å². The Kier molecular flexibility index (Phi) is 2.80. The minimum Gasteiger partial charge on any atom is -0.276 e. The van der Waals surface area contributed by atoms with Crippen molar-refractivity contribution >= 4 is 16.8 Å². The fraction of sp³-hybridized carbons (Fsp3) is 0.250. The van der Waals surface area contributed by atoms with Gasteiger partial charge in [0, 0.05) is 11.9 Å². The first-order valence-corrected chi connectivity index (χ1v) is 3.94. The van der Waals surface area contributed by atoms with Gasteiger partial charge in [0.25, 0.3) is 5.24 Å². The molecule has 0 amide bonds. The number of carbonyl (C=O) groups is 1. The number of alkyl halides is 3. The molecule has 1 heterocycles. The highest BCUT2D eigenvalue weighted by Gasteiger charge is 2.35. The van der Waals surface area contributed by atoms with E-state index in [0.29, 0.717) is 0 Å². The first-order valence-electron chi connectivity index (χ1n) is 3.56. The second-order valence-electron chi connectivity index (χ2n) is 2.59. The van der Waals surface area contributed by atoms with Crippen molar-refractivity contribution in [1.29, 1.82) is 0 Å². The molecular formula is C8H5ClF3NO. The van der Waals surface area contributed by atoms with Crippen LogP contribution in [0.3, 0.4) is 0 Å². The number of halogens is 4. The molecular weight excluding hydrogens is 219 g/mol. The molecule has 1 rings (SSSR count). The summed E-state index contributed by atoms with van der Waals surface area (Å²) in [5.74, 6) is 0. The molecule has 0 N–H and O–H groups in total. The molecule has 1 aromatic heterocycles. The standard InChI is InChI=1S/C8H5ClF3NO/c1-4-6(7(9)14)5(2-3-13-4)8(10,11)12/h2-3H,1H3. The van der Waals surface area contributed by atoms with Crippen molar-refractivity contribution in [3.8, 4) is 0 Å². The lowest BCUT2D eigenvalue weighted by atomic mass is 10.1. The molecule has 0 bridgehead atoms. The molecule has 2 nitrogen and oxygen atoms in total. The van der Waals surface area contributed by atoms with E-state index < -0.39 is 22.5 Å². The van der Waals surface area contributed by atoms with E-state index >= 15 is 0 Å². The largest absolute Gasteiger partial charge is 0.417 e. The predicted octanol–water partition coefficient (Wildman–Crippen LogP) is 2.79. The van der Waals surface area contributed by atoms with Gasteiger partial charge in [0.05, 0.1) is 11.1 Å². The second-order valence-corrected chi connectivity index (χ2v) is 2.93. The van der Waals surface area contributed by atoms with E-state index in [0.717, 1.165) is 12.3 Å². The molecule has 0 saturated carbocycles. The average molecular weight is 224 g/mol. The van der Waals surface area contributed by atoms with E-state index in [9.17, 15) is 18.0 Å². The van der Waals surface area contributed by atoms with Crippen LogP contribution in [0.25, 0.3) is 0 Å². The first-order chi connectivity index (χ1) is 6.34. The van der Waals surface area contributed by atoms with Crippen LogP contribution in [0.4, 0.5) is 13.2 Å². The SMILES string of the molecule is Cc1nccc(C(F)(F)F)c1C(=O)Cl. The van der Waals surface area contributed by atoms with Crippen molar-refractivity contribution < 1.29 is 18.0 Å². The monoisotopic (exact) mass is 223 g/mol. The highest BCUT2D eigenvalue weighted by Crippen LogP contribution is 2.33. The zero-order chi connectivity index (χ0) is 10.9. The van der Waals surface area contributed by atoms with E-state index in [2.05, 4.69) is 4.98 Å². The maximum absolute atomic E-state index is 12.4. The van der Waals surface area contributed by atoms with Crippen molar-refractivity contribution in [3.05, 3.63) is 29.1 Å². The van der Waals surface area contributed by atoms with Crippen LogP contribution in [0.2, 0.25) is 0 Å². The maximum Gasteiger partial charge on any atom is 0.417 e. The van der Waals surface area contributed by atoms with Crippen LogP contribution in [-0.4, -0.2) is 10.2 Å². The zero-order valence-electron chi connectivity index (χ0n) is 7.02. The normalized spacial score (nSPS) is 11.5. The van der Waals surface area contributed by atoms with Crippen LogP contribution in [0.15, 0.2) is 12.3 Å². The third-order valence-electron chi connectivity index (χ3n) is 1.64. The lowest BCUT2D eigenvalue weighted by molar-refractivity contribution is -0.138. The Labute approximate surface area is 82.7 Å². The third kappa shape index (κ3) is 2.04. The minimum absolute atomic E-state index is 0.0279. The Hall–Kier alpha value is -1.10. The van der Waals surface area contributed by atoms with Crippen LogP contribution in [0.5, 0.6) is 0 Å². The summed E-state index contributed by atoms with van der Waals surface area (Å²) in [5, 5.41) is -1.15. The maximum atomic E-state index is 12.4. The van der Waals surface area contributed by atoms with Gasteiger partial charge in [-0.1, -0.05) is 0 Å². The van der Waals surface area contributed by atoms with Gasteiger partial charge in [0.2, 0.25) is 0 Å². The molecule has 0 saturated heterocycles. The molecule has 0 aliphatic carbocycles. The summed E-state index contributed by atoms with van der Waals surface area (Å²) in [6.45, 7) is 1.30. The number of nitrogens with zero attached hydrogens (tertiary/aromatic N) is 1. The van der Waals surface area contributed by atoms with Crippen LogP contribution < -0.4 is 0 Å². The van der Waals surface area contributed by atoms with Crippen molar-refractivity contribution in [2.24, 2.45) is 0 Å². The summed E-state index contributed by atoms with van der Waals surface area (Å²) in [6, 6.07) is 0.725. The molecule has 14 heavy (non-hydrogen) atoms. The van der Waals surface area contributed by atoms with E-state index in [1.807, 2.05) is 0 Å². The summed E-state index contributed by atoms with van der Waals surface area (Å²) in [6.07, 6.45) is -3.60. The van der Waals surface area contributed by atoms with Gasteiger partial charge in [-0.3, -0.25) is 9.78 Å². The van der Waals surface area contributed by atoms with Crippen LogP contribution in [0, 0.1) is 6.92 Å². The Morgan fingerprint density at radius 3 is 2.43 bits per heavy atom. The van der Waals surface area contributed by atoms with Crippen molar-refractivity contribution in [2.45, 2.75) is 13.1 Å². The molecule has 76 valence electrons. The van der Waals surface area contributed by atoms with Gasteiger partial charge in [-0.05, 0) is 24.6 Å². The van der Waals surface area contributed by atoms with E-state index in [4.69, 9.17) is 11.6 Å². The fourth-order valence-electron chi connectivity index (χ4n) is 1.05. The fourth-order valence-corrected chi connectivity index (χ4v) is 1.29. The second kappa shape index (κ2) is 3.57. The Balaban J connectivity index is 3.44. The number of carbonyl (C=O) groups excluding carboxylic acids is 1. The van der Waals surface area contributed by atoms with E-state index in [1.165, 1.54) is 6.92 Å². The molecule has 0 spiro atoms. The number of rotatable bonds is 1. The average Bonchev–Trinajstić information content (AvgIpc) is 2.01. The third-order valence-corrected chi connectivity index (χ3v) is 1.83. The molecule has 0 aliphatic heterocycles. The lowest BCUT2D eigenvalue weighted by Crippen LogP contribution is -2.13. The van der Waals surface area contributed by atoms with Crippen molar-refractivity contribution in [3.63, 3.8) is 0 Å². The number of pyridine rings is 1. The molecule has 6 heteroatoms. The number of aromatic nitrogens is 1. The summed E-state index contributed by atoms with van der Waals surface area (Å²) < 4.78 is 37.1. The lowest BCUT2D eigenvalue weighted by Gasteiger charge is -2.10. The summed E-state index contributed by atoms with van der Waals surface area (Å²) in [5.41, 5.74) is -1.66. The number of aryl methyl sites for hydroxylation is 1. The Morgan fingerprint density at radius 2 is 2.07 bits per heavy atom. The molecule has 0 aliphatic rings. The smallest absolute Gasteiger partial charge is 0.276 e. The molecule has 0 aromatic carbocycles.